The third-order valence-electron chi connectivity index (χ3n) is 8.10. The van der Waals surface area contributed by atoms with E-state index >= 15 is 0 Å². The Labute approximate surface area is 170 Å². The fraction of sp³-hybridized carbons (Fsp3) is 0.625. The lowest BCUT2D eigenvalue weighted by Crippen LogP contribution is -2.55. The van der Waals surface area contributed by atoms with E-state index in [1.54, 1.807) is 12.1 Å². The second kappa shape index (κ2) is 6.68. The molecular weight excluding hydrogens is 362 g/mol. The number of nitrogens with zero attached hydrogens (tertiary/aromatic N) is 2. The molecule has 0 saturated heterocycles. The Balaban J connectivity index is 1.29. The number of amides is 1. The van der Waals surface area contributed by atoms with Crippen LogP contribution in [0.5, 0.6) is 0 Å². The molecule has 1 aliphatic heterocycles. The van der Waals surface area contributed by atoms with E-state index in [1.165, 1.54) is 32.1 Å². The van der Waals surface area contributed by atoms with Gasteiger partial charge >= 0.3 is 0 Å². The number of aromatic nitrogens is 2. The molecule has 4 saturated carbocycles. The average Bonchev–Trinajstić information content (AvgIpc) is 2.95. The van der Waals surface area contributed by atoms with E-state index in [-0.39, 0.29) is 11.5 Å². The summed E-state index contributed by atoms with van der Waals surface area (Å²) in [5, 5.41) is 4.01. The molecule has 29 heavy (non-hydrogen) atoms. The molecule has 4 fully saturated rings. The highest BCUT2D eigenvalue weighted by molar-refractivity contribution is 5.97. The number of carbonyl (C=O) groups is 1. The Morgan fingerprint density at radius 2 is 1.76 bits per heavy atom. The maximum Gasteiger partial charge on any atom is 0.261 e. The van der Waals surface area contributed by atoms with Gasteiger partial charge in [0, 0.05) is 24.6 Å². The Hall–Kier alpha value is -2.17. The molecule has 4 aliphatic carbocycles. The lowest BCUT2D eigenvalue weighted by molar-refractivity contribution is -0.0119. The zero-order valence-electron chi connectivity index (χ0n) is 16.9. The third-order valence-corrected chi connectivity index (χ3v) is 8.10. The highest BCUT2D eigenvalue weighted by atomic mass is 16.1. The number of rotatable bonds is 2. The second-order valence-corrected chi connectivity index (χ2v) is 9.96. The van der Waals surface area contributed by atoms with Gasteiger partial charge in [0.15, 0.2) is 0 Å². The molecule has 5 nitrogen and oxygen atoms in total. The van der Waals surface area contributed by atoms with Crippen molar-refractivity contribution in [2.45, 2.75) is 70.4 Å². The Morgan fingerprint density at radius 1 is 1.00 bits per heavy atom. The summed E-state index contributed by atoms with van der Waals surface area (Å²) in [5.74, 6) is 4.00. The van der Waals surface area contributed by atoms with Crippen molar-refractivity contribution < 1.29 is 4.79 Å². The molecule has 2 aromatic rings. The summed E-state index contributed by atoms with van der Waals surface area (Å²) in [5.41, 5.74) is 1.34. The van der Waals surface area contributed by atoms with Crippen molar-refractivity contribution >= 4 is 16.8 Å². The number of aryl methyl sites for hydroxylation is 1. The first-order valence-electron chi connectivity index (χ1n) is 11.5. The number of hydrogen-bond acceptors (Lipinski definition) is 3. The van der Waals surface area contributed by atoms with Gasteiger partial charge in [-0.1, -0.05) is 6.42 Å². The largest absolute Gasteiger partial charge is 0.349 e. The van der Waals surface area contributed by atoms with Crippen LogP contribution in [-0.4, -0.2) is 21.5 Å². The molecule has 1 aromatic carbocycles. The van der Waals surface area contributed by atoms with Gasteiger partial charge in [0.05, 0.1) is 10.9 Å². The highest BCUT2D eigenvalue weighted by Gasteiger charge is 2.48. The molecule has 0 unspecified atom stereocenters. The molecule has 5 heteroatoms. The quantitative estimate of drug-likeness (QED) is 0.849. The van der Waals surface area contributed by atoms with Crippen LogP contribution >= 0.6 is 0 Å². The number of hydrogen-bond donors (Lipinski definition) is 1. The summed E-state index contributed by atoms with van der Waals surface area (Å²) in [4.78, 5) is 30.8. The molecule has 1 aromatic heterocycles. The minimum Gasteiger partial charge on any atom is -0.349 e. The van der Waals surface area contributed by atoms with Crippen LogP contribution in [-0.2, 0) is 13.0 Å². The molecule has 152 valence electrons. The Bertz CT molecular complexity index is 1010. The lowest BCUT2D eigenvalue weighted by Gasteiger charge is -2.54. The number of benzene rings is 1. The topological polar surface area (TPSA) is 64.0 Å². The molecule has 5 aliphatic rings. The predicted octanol–water partition coefficient (Wildman–Crippen LogP) is 3.68. The van der Waals surface area contributed by atoms with Gasteiger partial charge in [-0.05, 0) is 86.8 Å². The van der Waals surface area contributed by atoms with Gasteiger partial charge in [-0.15, -0.1) is 0 Å². The van der Waals surface area contributed by atoms with Gasteiger partial charge < -0.3 is 5.32 Å². The van der Waals surface area contributed by atoms with E-state index in [1.807, 2.05) is 10.6 Å². The summed E-state index contributed by atoms with van der Waals surface area (Å²) in [7, 11) is 0. The van der Waals surface area contributed by atoms with E-state index in [0.717, 1.165) is 49.9 Å². The maximum atomic E-state index is 13.1. The first-order chi connectivity index (χ1) is 14.2. The van der Waals surface area contributed by atoms with E-state index in [9.17, 15) is 9.59 Å². The van der Waals surface area contributed by atoms with E-state index in [4.69, 9.17) is 4.98 Å². The first-order valence-corrected chi connectivity index (χ1v) is 11.5. The van der Waals surface area contributed by atoms with Gasteiger partial charge in [0.25, 0.3) is 11.5 Å². The molecule has 4 bridgehead atoms. The van der Waals surface area contributed by atoms with Crippen LogP contribution in [0.25, 0.3) is 10.9 Å². The molecule has 1 amide bonds. The fourth-order valence-corrected chi connectivity index (χ4v) is 6.96. The van der Waals surface area contributed by atoms with Crippen LogP contribution in [0, 0.1) is 23.7 Å². The zero-order valence-corrected chi connectivity index (χ0v) is 16.9. The number of fused-ring (bicyclic) bond motifs is 2. The standard InChI is InChI=1S/C24H29N3O2/c28-23(26-22-17-9-14-8-15(11-17)12-18(22)10-14)16-5-6-19-20(13-16)25-21-4-2-1-3-7-27(21)24(19)29/h5-6,13-15,17-18,22H,1-4,7-12H2,(H,26,28). The monoisotopic (exact) mass is 391 g/mol. The highest BCUT2D eigenvalue weighted by Crippen LogP contribution is 2.53. The SMILES string of the molecule is O=C(NC1C2CC3CC(C2)CC1C3)c1ccc2c(=O)n3c(nc2c1)CCCCC3. The van der Waals surface area contributed by atoms with Crippen LogP contribution in [0.15, 0.2) is 23.0 Å². The molecule has 0 spiro atoms. The van der Waals surface area contributed by atoms with Crippen LogP contribution < -0.4 is 10.9 Å². The van der Waals surface area contributed by atoms with Gasteiger partial charge in [-0.25, -0.2) is 4.98 Å². The van der Waals surface area contributed by atoms with Crippen LogP contribution in [0.1, 0.15) is 67.5 Å². The minimum atomic E-state index is 0.00113. The second-order valence-electron chi connectivity index (χ2n) is 9.96. The van der Waals surface area contributed by atoms with E-state index in [2.05, 4.69) is 5.32 Å². The molecular formula is C24H29N3O2. The van der Waals surface area contributed by atoms with Crippen LogP contribution in [0.4, 0.5) is 0 Å². The van der Waals surface area contributed by atoms with Crippen LogP contribution in [0.3, 0.4) is 0 Å². The van der Waals surface area contributed by atoms with E-state index in [0.29, 0.717) is 34.3 Å². The predicted molar refractivity (Wildman–Crippen MR) is 112 cm³/mol. The summed E-state index contributed by atoms with van der Waals surface area (Å²) in [6, 6.07) is 5.76. The summed E-state index contributed by atoms with van der Waals surface area (Å²) < 4.78 is 1.84. The van der Waals surface area contributed by atoms with Crippen molar-refractivity contribution in [2.75, 3.05) is 0 Å². The third kappa shape index (κ3) is 2.92. The van der Waals surface area contributed by atoms with Gasteiger partial charge in [0.2, 0.25) is 0 Å². The van der Waals surface area contributed by atoms with E-state index < -0.39 is 0 Å². The fourth-order valence-electron chi connectivity index (χ4n) is 6.96. The smallest absolute Gasteiger partial charge is 0.261 e. The molecule has 2 heterocycles. The zero-order chi connectivity index (χ0) is 19.5. The molecule has 0 atom stereocenters. The Morgan fingerprint density at radius 3 is 2.52 bits per heavy atom. The van der Waals surface area contributed by atoms with Crippen molar-refractivity contribution in [2.24, 2.45) is 23.7 Å². The van der Waals surface area contributed by atoms with Crippen molar-refractivity contribution in [3.05, 3.63) is 39.9 Å². The van der Waals surface area contributed by atoms with Crippen molar-refractivity contribution in [1.82, 2.24) is 14.9 Å². The van der Waals surface area contributed by atoms with Crippen molar-refractivity contribution in [3.8, 4) is 0 Å². The summed E-state index contributed by atoms with van der Waals surface area (Å²) in [6.45, 7) is 0.756. The minimum absolute atomic E-state index is 0.00113. The maximum absolute atomic E-state index is 13.1. The van der Waals surface area contributed by atoms with Gasteiger partial charge in [-0.3, -0.25) is 14.2 Å². The van der Waals surface area contributed by atoms with Crippen molar-refractivity contribution in [3.63, 3.8) is 0 Å². The average molecular weight is 392 g/mol. The normalized spacial score (nSPS) is 32.8. The van der Waals surface area contributed by atoms with Crippen molar-refractivity contribution in [1.29, 1.82) is 0 Å². The number of nitrogens with one attached hydrogen (secondary N) is 1. The van der Waals surface area contributed by atoms with Gasteiger partial charge in [0.1, 0.15) is 5.82 Å². The molecule has 0 radical (unpaired) electrons. The lowest BCUT2D eigenvalue weighted by atomic mass is 9.54. The molecule has 7 rings (SSSR count). The van der Waals surface area contributed by atoms with Crippen LogP contribution in [0.2, 0.25) is 0 Å². The molecule has 1 N–H and O–H groups in total. The Kier molecular flexibility index (Phi) is 4.07. The van der Waals surface area contributed by atoms with Gasteiger partial charge in [-0.2, -0.15) is 0 Å². The number of carbonyl (C=O) groups excluding carboxylic acids is 1. The summed E-state index contributed by atoms with van der Waals surface area (Å²) in [6.07, 6.45) is 10.7. The summed E-state index contributed by atoms with van der Waals surface area (Å²) >= 11 is 0. The first kappa shape index (κ1) is 17.7.